The van der Waals surface area contributed by atoms with Crippen molar-refractivity contribution in [1.82, 2.24) is 24.5 Å². The van der Waals surface area contributed by atoms with Crippen molar-refractivity contribution < 1.29 is 9.53 Å². The van der Waals surface area contributed by atoms with E-state index in [4.69, 9.17) is 4.74 Å². The van der Waals surface area contributed by atoms with Gasteiger partial charge in [0.1, 0.15) is 17.9 Å². The topological polar surface area (TPSA) is 75.9 Å². The van der Waals surface area contributed by atoms with Crippen molar-refractivity contribution in [3.8, 4) is 5.75 Å². The number of methoxy groups -OCH3 is 1. The number of benzene rings is 1. The lowest BCUT2D eigenvalue weighted by atomic mass is 10.1. The number of carbonyl (C=O) groups is 1. The molecule has 0 aliphatic carbocycles. The van der Waals surface area contributed by atoms with Gasteiger partial charge in [0.25, 0.3) is 5.78 Å². The molecule has 4 rings (SSSR count). The number of nitrogens with zero attached hydrogens (tertiary/aromatic N) is 6. The van der Waals surface area contributed by atoms with Crippen LogP contribution < -0.4 is 9.64 Å². The molecule has 0 radical (unpaired) electrons. The van der Waals surface area contributed by atoms with E-state index >= 15 is 0 Å². The first kappa shape index (κ1) is 19.2. The minimum Gasteiger partial charge on any atom is -0.497 e. The van der Waals surface area contributed by atoms with E-state index in [9.17, 15) is 4.79 Å². The number of anilines is 1. The van der Waals surface area contributed by atoms with E-state index in [0.29, 0.717) is 25.3 Å². The summed E-state index contributed by atoms with van der Waals surface area (Å²) in [6, 6.07) is 9.79. The van der Waals surface area contributed by atoms with Crippen molar-refractivity contribution >= 4 is 17.5 Å². The van der Waals surface area contributed by atoms with Crippen LogP contribution in [0.2, 0.25) is 0 Å². The molecule has 152 valence electrons. The molecule has 0 saturated carbocycles. The van der Waals surface area contributed by atoms with E-state index in [0.717, 1.165) is 48.8 Å². The van der Waals surface area contributed by atoms with E-state index in [-0.39, 0.29) is 5.91 Å². The maximum absolute atomic E-state index is 12.7. The lowest BCUT2D eigenvalue weighted by molar-refractivity contribution is -0.130. The van der Waals surface area contributed by atoms with Gasteiger partial charge in [0.05, 0.1) is 13.5 Å². The lowest BCUT2D eigenvalue weighted by Gasteiger charge is -2.35. The number of aromatic nitrogens is 4. The molecular formula is C21H26N6O2. The van der Waals surface area contributed by atoms with E-state index in [1.807, 2.05) is 33.6 Å². The molecule has 8 nitrogen and oxygen atoms in total. The van der Waals surface area contributed by atoms with Gasteiger partial charge in [-0.15, -0.1) is 10.2 Å². The molecule has 2 aromatic heterocycles. The van der Waals surface area contributed by atoms with Crippen LogP contribution in [0.3, 0.4) is 0 Å². The third kappa shape index (κ3) is 4.16. The minimum absolute atomic E-state index is 0.155. The largest absolute Gasteiger partial charge is 0.497 e. The van der Waals surface area contributed by atoms with Crippen LogP contribution in [0.4, 0.5) is 5.82 Å². The molecule has 0 spiro atoms. The van der Waals surface area contributed by atoms with Crippen LogP contribution >= 0.6 is 0 Å². The molecule has 3 heterocycles. The van der Waals surface area contributed by atoms with Gasteiger partial charge in [-0.25, -0.2) is 0 Å². The Balaban J connectivity index is 1.39. The van der Waals surface area contributed by atoms with E-state index in [1.54, 1.807) is 13.4 Å². The predicted octanol–water partition coefficient (Wildman–Crippen LogP) is 1.98. The average Bonchev–Trinajstić information content (AvgIpc) is 3.23. The minimum atomic E-state index is 0.155. The van der Waals surface area contributed by atoms with Crippen LogP contribution in [0.15, 0.2) is 36.7 Å². The summed E-state index contributed by atoms with van der Waals surface area (Å²) in [6.07, 6.45) is 4.12. The molecule has 8 heteroatoms. The van der Waals surface area contributed by atoms with Gasteiger partial charge in [-0.2, -0.15) is 4.98 Å². The Labute approximate surface area is 170 Å². The van der Waals surface area contributed by atoms with Gasteiger partial charge in [0.15, 0.2) is 0 Å². The maximum atomic E-state index is 12.7. The van der Waals surface area contributed by atoms with Crippen molar-refractivity contribution in [2.45, 2.75) is 26.2 Å². The van der Waals surface area contributed by atoms with Gasteiger partial charge in [-0.05, 0) is 24.1 Å². The fourth-order valence-electron chi connectivity index (χ4n) is 3.69. The molecule has 0 atom stereocenters. The fourth-order valence-corrected chi connectivity index (χ4v) is 3.69. The number of piperazine rings is 1. The standard InChI is InChI=1S/C21H26N6O2/c1-3-4-17-14-19(23-21-24-22-15-27(17)21)25-9-11-26(12-10-25)20(28)13-16-5-7-18(29-2)8-6-16/h5-8,14-15H,3-4,9-13H2,1-2H3. The monoisotopic (exact) mass is 394 g/mol. The fraction of sp³-hybridized carbons (Fsp3) is 0.429. The number of fused-ring (bicyclic) bond motifs is 1. The van der Waals surface area contributed by atoms with Crippen LogP contribution in [0.1, 0.15) is 24.6 Å². The van der Waals surface area contributed by atoms with E-state index < -0.39 is 0 Å². The first-order valence-corrected chi connectivity index (χ1v) is 10.0. The number of ether oxygens (including phenoxy) is 1. The molecule has 1 amide bonds. The molecule has 0 unspecified atom stereocenters. The summed E-state index contributed by atoms with van der Waals surface area (Å²) < 4.78 is 7.12. The molecule has 1 aliphatic heterocycles. The number of hydrogen-bond acceptors (Lipinski definition) is 6. The Bertz CT molecular complexity index is 977. The first-order valence-electron chi connectivity index (χ1n) is 10.0. The van der Waals surface area contributed by atoms with E-state index in [2.05, 4.69) is 33.1 Å². The Morgan fingerprint density at radius 3 is 2.59 bits per heavy atom. The van der Waals surface area contributed by atoms with E-state index in [1.165, 1.54) is 0 Å². The molecular weight excluding hydrogens is 368 g/mol. The van der Waals surface area contributed by atoms with Crippen LogP contribution in [0, 0.1) is 0 Å². The summed E-state index contributed by atoms with van der Waals surface area (Å²) >= 11 is 0. The second-order valence-electron chi connectivity index (χ2n) is 7.25. The Morgan fingerprint density at radius 1 is 1.14 bits per heavy atom. The Kier molecular flexibility index (Phi) is 5.59. The van der Waals surface area contributed by atoms with Crippen LogP contribution in [-0.2, 0) is 17.6 Å². The molecule has 3 aromatic rings. The van der Waals surface area contributed by atoms with Gasteiger partial charge in [-0.3, -0.25) is 9.20 Å². The highest BCUT2D eigenvalue weighted by molar-refractivity contribution is 5.79. The number of rotatable bonds is 6. The summed E-state index contributed by atoms with van der Waals surface area (Å²) in [5.74, 6) is 2.50. The summed E-state index contributed by atoms with van der Waals surface area (Å²) in [5.41, 5.74) is 2.16. The normalized spacial score (nSPS) is 14.4. The van der Waals surface area contributed by atoms with Gasteiger partial charge in [0, 0.05) is 37.9 Å². The lowest BCUT2D eigenvalue weighted by Crippen LogP contribution is -2.49. The zero-order chi connectivity index (χ0) is 20.2. The zero-order valence-corrected chi connectivity index (χ0v) is 16.9. The summed E-state index contributed by atoms with van der Waals surface area (Å²) in [5, 5.41) is 8.11. The smallest absolute Gasteiger partial charge is 0.256 e. The number of carbonyl (C=O) groups excluding carboxylic acids is 1. The average molecular weight is 394 g/mol. The predicted molar refractivity (Wildman–Crippen MR) is 110 cm³/mol. The van der Waals surface area contributed by atoms with Gasteiger partial charge in [-0.1, -0.05) is 25.5 Å². The van der Waals surface area contributed by atoms with Crippen molar-refractivity contribution in [2.75, 3.05) is 38.2 Å². The number of amides is 1. The zero-order valence-electron chi connectivity index (χ0n) is 16.9. The van der Waals surface area contributed by atoms with Crippen LogP contribution in [0.25, 0.3) is 5.78 Å². The number of hydrogen-bond donors (Lipinski definition) is 0. The molecule has 0 bridgehead atoms. The van der Waals surface area contributed by atoms with Crippen molar-refractivity contribution in [3.63, 3.8) is 0 Å². The highest BCUT2D eigenvalue weighted by atomic mass is 16.5. The van der Waals surface area contributed by atoms with Gasteiger partial charge in [0.2, 0.25) is 5.91 Å². The summed E-state index contributed by atoms with van der Waals surface area (Å²) in [6.45, 7) is 5.06. The van der Waals surface area contributed by atoms with Crippen molar-refractivity contribution in [1.29, 1.82) is 0 Å². The highest BCUT2D eigenvalue weighted by Gasteiger charge is 2.23. The molecule has 1 aromatic carbocycles. The first-order chi connectivity index (χ1) is 14.2. The summed E-state index contributed by atoms with van der Waals surface area (Å²) in [4.78, 5) is 21.5. The molecule has 1 aliphatic rings. The second kappa shape index (κ2) is 8.46. The number of aryl methyl sites for hydroxylation is 1. The van der Waals surface area contributed by atoms with Crippen LogP contribution in [0.5, 0.6) is 5.75 Å². The highest BCUT2D eigenvalue weighted by Crippen LogP contribution is 2.19. The third-order valence-corrected chi connectivity index (χ3v) is 5.33. The Hall–Kier alpha value is -3.16. The van der Waals surface area contributed by atoms with Crippen molar-refractivity contribution in [3.05, 3.63) is 47.9 Å². The van der Waals surface area contributed by atoms with Gasteiger partial charge >= 0.3 is 0 Å². The van der Waals surface area contributed by atoms with Crippen LogP contribution in [-0.4, -0.2) is 63.7 Å². The van der Waals surface area contributed by atoms with Gasteiger partial charge < -0.3 is 14.5 Å². The summed E-state index contributed by atoms with van der Waals surface area (Å²) in [7, 11) is 1.64. The Morgan fingerprint density at radius 2 is 1.90 bits per heavy atom. The molecule has 29 heavy (non-hydrogen) atoms. The second-order valence-corrected chi connectivity index (χ2v) is 7.25. The third-order valence-electron chi connectivity index (χ3n) is 5.33. The molecule has 0 N–H and O–H groups in total. The molecule has 1 fully saturated rings. The quantitative estimate of drug-likeness (QED) is 0.636. The van der Waals surface area contributed by atoms with Crippen molar-refractivity contribution in [2.24, 2.45) is 0 Å². The molecule has 1 saturated heterocycles. The SMILES string of the molecule is CCCc1cc(N2CCN(C(=O)Cc3ccc(OC)cc3)CC2)nc2nncn12. The maximum Gasteiger partial charge on any atom is 0.256 e.